The molecule has 2 atom stereocenters. The van der Waals surface area contributed by atoms with Crippen molar-refractivity contribution in [3.63, 3.8) is 0 Å². The molecule has 0 saturated carbocycles. The topological polar surface area (TPSA) is 32.3 Å². The molecule has 0 radical (unpaired) electrons. The van der Waals surface area contributed by atoms with Crippen LogP contribution in [-0.2, 0) is 4.79 Å². The van der Waals surface area contributed by atoms with E-state index in [0.29, 0.717) is 11.8 Å². The molecule has 124 valence electrons. The fourth-order valence-electron chi connectivity index (χ4n) is 3.05. The SMILES string of the molecule is CC(C)C(c1ccccc1Cl)N(C)C(=O)C(C)C1CNC1.Cl. The van der Waals surface area contributed by atoms with Crippen LogP contribution in [0, 0.1) is 17.8 Å². The summed E-state index contributed by atoms with van der Waals surface area (Å²) in [6.45, 7) is 8.19. The van der Waals surface area contributed by atoms with Gasteiger partial charge in [0.1, 0.15) is 0 Å². The molecule has 1 aliphatic heterocycles. The molecule has 1 heterocycles. The van der Waals surface area contributed by atoms with Crippen molar-refractivity contribution in [2.75, 3.05) is 20.1 Å². The highest BCUT2D eigenvalue weighted by atomic mass is 35.5. The molecule has 0 bridgehead atoms. The number of benzene rings is 1. The molecule has 3 nitrogen and oxygen atoms in total. The Morgan fingerprint density at radius 1 is 1.27 bits per heavy atom. The lowest BCUT2D eigenvalue weighted by molar-refractivity contribution is -0.139. The normalized spacial score (nSPS) is 17.4. The van der Waals surface area contributed by atoms with Gasteiger partial charge in [-0.15, -0.1) is 12.4 Å². The predicted molar refractivity (Wildman–Crippen MR) is 94.6 cm³/mol. The average molecular weight is 345 g/mol. The van der Waals surface area contributed by atoms with Gasteiger partial charge in [0.2, 0.25) is 5.91 Å². The maximum Gasteiger partial charge on any atom is 0.226 e. The van der Waals surface area contributed by atoms with Crippen LogP contribution in [0.2, 0.25) is 5.02 Å². The van der Waals surface area contributed by atoms with Crippen molar-refractivity contribution in [3.8, 4) is 0 Å². The van der Waals surface area contributed by atoms with Crippen LogP contribution in [0.1, 0.15) is 32.4 Å². The van der Waals surface area contributed by atoms with E-state index in [0.717, 1.165) is 23.7 Å². The van der Waals surface area contributed by atoms with Crippen molar-refractivity contribution in [3.05, 3.63) is 34.9 Å². The molecule has 22 heavy (non-hydrogen) atoms. The van der Waals surface area contributed by atoms with Gasteiger partial charge >= 0.3 is 0 Å². The number of carbonyl (C=O) groups excluding carboxylic acids is 1. The summed E-state index contributed by atoms with van der Waals surface area (Å²) in [5.74, 6) is 1.03. The Morgan fingerprint density at radius 3 is 2.32 bits per heavy atom. The Labute approximate surface area is 144 Å². The molecule has 2 rings (SSSR count). The Balaban J connectivity index is 0.00000242. The lowest BCUT2D eigenvalue weighted by atomic mass is 9.86. The fraction of sp³-hybridized carbons (Fsp3) is 0.588. The molecular weight excluding hydrogens is 319 g/mol. The molecule has 0 aliphatic carbocycles. The van der Waals surface area contributed by atoms with Gasteiger partial charge in [-0.3, -0.25) is 4.79 Å². The molecule has 1 N–H and O–H groups in total. The zero-order valence-electron chi connectivity index (χ0n) is 13.7. The Kier molecular flexibility index (Phi) is 7.17. The number of hydrogen-bond acceptors (Lipinski definition) is 2. The number of halogens is 2. The van der Waals surface area contributed by atoms with Gasteiger partial charge in [0, 0.05) is 18.0 Å². The van der Waals surface area contributed by atoms with E-state index in [2.05, 4.69) is 19.2 Å². The summed E-state index contributed by atoms with van der Waals surface area (Å²) in [5, 5.41) is 3.97. The highest BCUT2D eigenvalue weighted by Gasteiger charge is 2.34. The third kappa shape index (κ3) is 3.95. The number of rotatable bonds is 5. The maximum atomic E-state index is 12.8. The summed E-state index contributed by atoms with van der Waals surface area (Å²) < 4.78 is 0. The minimum atomic E-state index is 0. The first-order valence-electron chi connectivity index (χ1n) is 7.65. The van der Waals surface area contributed by atoms with Crippen molar-refractivity contribution in [1.82, 2.24) is 10.2 Å². The number of hydrogen-bond donors (Lipinski definition) is 1. The summed E-state index contributed by atoms with van der Waals surface area (Å²) in [5.41, 5.74) is 1.03. The van der Waals surface area contributed by atoms with Crippen LogP contribution in [0.25, 0.3) is 0 Å². The quantitative estimate of drug-likeness (QED) is 0.881. The van der Waals surface area contributed by atoms with Gasteiger partial charge < -0.3 is 10.2 Å². The van der Waals surface area contributed by atoms with Gasteiger partial charge in [-0.05, 0) is 36.6 Å². The van der Waals surface area contributed by atoms with Crippen LogP contribution in [0.15, 0.2) is 24.3 Å². The maximum absolute atomic E-state index is 12.8. The van der Waals surface area contributed by atoms with Crippen molar-refractivity contribution in [1.29, 1.82) is 0 Å². The molecule has 2 unspecified atom stereocenters. The third-order valence-corrected chi connectivity index (χ3v) is 4.87. The number of nitrogens with zero attached hydrogens (tertiary/aromatic N) is 1. The molecule has 0 aromatic heterocycles. The first-order chi connectivity index (χ1) is 9.93. The second-order valence-electron chi connectivity index (χ2n) is 6.37. The van der Waals surface area contributed by atoms with Crippen LogP contribution >= 0.6 is 24.0 Å². The highest BCUT2D eigenvalue weighted by Crippen LogP contribution is 2.34. The van der Waals surface area contributed by atoms with Crippen molar-refractivity contribution < 1.29 is 4.79 Å². The van der Waals surface area contributed by atoms with Gasteiger partial charge in [0.05, 0.1) is 6.04 Å². The summed E-state index contributed by atoms with van der Waals surface area (Å²) in [7, 11) is 1.90. The van der Waals surface area contributed by atoms with E-state index in [-0.39, 0.29) is 30.3 Å². The van der Waals surface area contributed by atoms with Gasteiger partial charge in [-0.1, -0.05) is 50.6 Å². The Hall–Kier alpha value is -0.770. The summed E-state index contributed by atoms with van der Waals surface area (Å²) >= 11 is 6.34. The predicted octanol–water partition coefficient (Wildman–Crippen LogP) is 3.77. The smallest absolute Gasteiger partial charge is 0.226 e. The summed E-state index contributed by atoms with van der Waals surface area (Å²) in [6.07, 6.45) is 0. The van der Waals surface area contributed by atoms with Gasteiger partial charge in [-0.2, -0.15) is 0 Å². The van der Waals surface area contributed by atoms with Crippen molar-refractivity contribution >= 4 is 29.9 Å². The van der Waals surface area contributed by atoms with Crippen LogP contribution in [0.3, 0.4) is 0 Å². The van der Waals surface area contributed by atoms with Crippen LogP contribution < -0.4 is 5.32 Å². The second-order valence-corrected chi connectivity index (χ2v) is 6.77. The zero-order valence-corrected chi connectivity index (χ0v) is 15.2. The van der Waals surface area contributed by atoms with E-state index in [4.69, 9.17) is 11.6 Å². The summed E-state index contributed by atoms with van der Waals surface area (Å²) in [6, 6.07) is 7.83. The van der Waals surface area contributed by atoms with Crippen LogP contribution in [0.5, 0.6) is 0 Å². The fourth-order valence-corrected chi connectivity index (χ4v) is 3.30. The molecule has 1 fully saturated rings. The van der Waals surface area contributed by atoms with Gasteiger partial charge in [0.15, 0.2) is 0 Å². The van der Waals surface area contributed by atoms with Crippen LogP contribution in [-0.4, -0.2) is 30.9 Å². The Morgan fingerprint density at radius 2 is 1.86 bits per heavy atom. The third-order valence-electron chi connectivity index (χ3n) is 4.53. The van der Waals surface area contributed by atoms with E-state index < -0.39 is 0 Å². The van der Waals surface area contributed by atoms with Gasteiger partial charge in [0.25, 0.3) is 0 Å². The molecule has 1 aromatic rings. The molecule has 5 heteroatoms. The van der Waals surface area contributed by atoms with Crippen LogP contribution in [0.4, 0.5) is 0 Å². The molecule has 1 amide bonds. The molecule has 0 spiro atoms. The summed E-state index contributed by atoms with van der Waals surface area (Å²) in [4.78, 5) is 14.6. The number of carbonyl (C=O) groups is 1. The van der Waals surface area contributed by atoms with Gasteiger partial charge in [-0.25, -0.2) is 0 Å². The molecule has 1 saturated heterocycles. The van der Waals surface area contributed by atoms with E-state index in [1.165, 1.54) is 0 Å². The van der Waals surface area contributed by atoms with E-state index >= 15 is 0 Å². The highest BCUT2D eigenvalue weighted by molar-refractivity contribution is 6.31. The first kappa shape index (κ1) is 19.3. The largest absolute Gasteiger partial charge is 0.338 e. The lowest BCUT2D eigenvalue weighted by Crippen LogP contribution is -2.50. The standard InChI is InChI=1S/C17H25ClN2O.ClH/c1-11(2)16(14-7-5-6-8-15(14)18)20(4)17(21)12(3)13-9-19-10-13;/h5-8,11-13,16,19H,9-10H2,1-4H3;1H. The molecular formula is C17H26Cl2N2O. The number of amides is 1. The monoisotopic (exact) mass is 344 g/mol. The zero-order chi connectivity index (χ0) is 15.6. The van der Waals surface area contributed by atoms with Crippen molar-refractivity contribution in [2.45, 2.75) is 26.8 Å². The van der Waals surface area contributed by atoms with E-state index in [1.807, 2.05) is 43.1 Å². The van der Waals surface area contributed by atoms with E-state index in [1.54, 1.807) is 0 Å². The minimum absolute atomic E-state index is 0. The van der Waals surface area contributed by atoms with Crippen molar-refractivity contribution in [2.24, 2.45) is 17.8 Å². The Bertz CT molecular complexity index is 503. The second kappa shape index (κ2) is 8.19. The lowest BCUT2D eigenvalue weighted by Gasteiger charge is -2.38. The number of nitrogens with one attached hydrogen (secondary N) is 1. The molecule has 1 aliphatic rings. The molecule has 1 aromatic carbocycles. The first-order valence-corrected chi connectivity index (χ1v) is 8.03. The minimum Gasteiger partial charge on any atom is -0.338 e. The van der Waals surface area contributed by atoms with E-state index in [9.17, 15) is 4.79 Å². The average Bonchev–Trinajstić information content (AvgIpc) is 2.37.